The van der Waals surface area contributed by atoms with Crippen LogP contribution in [0.2, 0.25) is 0 Å². The average Bonchev–Trinajstić information content (AvgIpc) is 2.47. The zero-order valence-corrected chi connectivity index (χ0v) is 10.8. The van der Waals surface area contributed by atoms with Crippen molar-refractivity contribution in [2.24, 2.45) is 0 Å². The fourth-order valence-corrected chi connectivity index (χ4v) is 1.50. The fourth-order valence-electron chi connectivity index (χ4n) is 1.50. The topological polar surface area (TPSA) is 64.1 Å². The highest BCUT2D eigenvalue weighted by Gasteiger charge is 2.30. The second-order valence-corrected chi connectivity index (χ2v) is 3.99. The summed E-state index contributed by atoms with van der Waals surface area (Å²) in [5, 5.41) is 2.47. The molecule has 1 amide bonds. The molecule has 2 aromatic rings. The van der Waals surface area contributed by atoms with Gasteiger partial charge >= 0.3 is 12.2 Å². The van der Waals surface area contributed by atoms with Gasteiger partial charge in [-0.15, -0.1) is 0 Å². The minimum Gasteiger partial charge on any atom is -0.467 e. The van der Waals surface area contributed by atoms with Crippen molar-refractivity contribution in [1.82, 2.24) is 9.97 Å². The van der Waals surface area contributed by atoms with Crippen LogP contribution in [0.5, 0.6) is 6.01 Å². The maximum atomic E-state index is 12.4. The molecule has 0 aliphatic heterocycles. The second kappa shape index (κ2) is 5.78. The van der Waals surface area contributed by atoms with E-state index >= 15 is 0 Å². The van der Waals surface area contributed by atoms with Gasteiger partial charge in [-0.25, -0.2) is 9.97 Å². The van der Waals surface area contributed by atoms with Crippen LogP contribution in [-0.4, -0.2) is 23.0 Å². The minimum absolute atomic E-state index is 0.0961. The van der Waals surface area contributed by atoms with E-state index in [4.69, 9.17) is 4.74 Å². The number of hydrogen-bond acceptors (Lipinski definition) is 4. The lowest BCUT2D eigenvalue weighted by Gasteiger charge is -2.08. The predicted molar refractivity (Wildman–Crippen MR) is 68.0 cm³/mol. The summed E-state index contributed by atoms with van der Waals surface area (Å²) in [5.74, 6) is -0.558. The van der Waals surface area contributed by atoms with Gasteiger partial charge in [0, 0.05) is 5.56 Å². The number of carbonyl (C=O) groups is 1. The summed E-state index contributed by atoms with van der Waals surface area (Å²) < 4.78 is 42.0. The molecule has 8 heteroatoms. The summed E-state index contributed by atoms with van der Waals surface area (Å²) in [7, 11) is 1.40. The van der Waals surface area contributed by atoms with Crippen LogP contribution < -0.4 is 10.1 Å². The SMILES string of the molecule is COc1ncc(NC(=O)c2ccc(C(F)(F)F)cc2)cn1. The van der Waals surface area contributed by atoms with E-state index in [1.54, 1.807) is 0 Å². The van der Waals surface area contributed by atoms with Crippen LogP contribution in [0, 0.1) is 0 Å². The summed E-state index contributed by atoms with van der Waals surface area (Å²) in [6.07, 6.45) is -1.78. The molecule has 1 aromatic heterocycles. The zero-order chi connectivity index (χ0) is 15.5. The summed E-state index contributed by atoms with van der Waals surface area (Å²) in [4.78, 5) is 19.4. The van der Waals surface area contributed by atoms with Crippen molar-refractivity contribution >= 4 is 11.6 Å². The number of methoxy groups -OCH3 is 1. The minimum atomic E-state index is -4.43. The molecule has 0 saturated heterocycles. The van der Waals surface area contributed by atoms with E-state index in [1.807, 2.05) is 0 Å². The van der Waals surface area contributed by atoms with Gasteiger partial charge in [0.15, 0.2) is 0 Å². The highest BCUT2D eigenvalue weighted by atomic mass is 19.4. The molecule has 110 valence electrons. The van der Waals surface area contributed by atoms with E-state index in [2.05, 4.69) is 15.3 Å². The number of benzene rings is 1. The number of hydrogen-bond donors (Lipinski definition) is 1. The van der Waals surface area contributed by atoms with E-state index in [-0.39, 0.29) is 11.6 Å². The van der Waals surface area contributed by atoms with Gasteiger partial charge in [-0.2, -0.15) is 13.2 Å². The van der Waals surface area contributed by atoms with Crippen LogP contribution in [0.15, 0.2) is 36.7 Å². The van der Waals surface area contributed by atoms with Crippen molar-refractivity contribution in [1.29, 1.82) is 0 Å². The first-order chi connectivity index (χ1) is 9.90. The molecule has 0 radical (unpaired) electrons. The number of aromatic nitrogens is 2. The summed E-state index contributed by atoms with van der Waals surface area (Å²) in [6, 6.07) is 4.03. The lowest BCUT2D eigenvalue weighted by Crippen LogP contribution is -2.13. The molecular weight excluding hydrogens is 287 g/mol. The Kier molecular flexibility index (Phi) is 4.06. The van der Waals surface area contributed by atoms with Gasteiger partial charge in [0.2, 0.25) is 0 Å². The molecule has 1 aromatic carbocycles. The van der Waals surface area contributed by atoms with Gasteiger partial charge in [0.25, 0.3) is 5.91 Å². The third-order valence-corrected chi connectivity index (χ3v) is 2.54. The number of amides is 1. The van der Waals surface area contributed by atoms with E-state index in [9.17, 15) is 18.0 Å². The lowest BCUT2D eigenvalue weighted by atomic mass is 10.1. The quantitative estimate of drug-likeness (QED) is 0.946. The molecule has 1 N–H and O–H groups in total. The zero-order valence-electron chi connectivity index (χ0n) is 10.8. The molecule has 1 heterocycles. The van der Waals surface area contributed by atoms with Gasteiger partial charge in [0.05, 0.1) is 30.8 Å². The lowest BCUT2D eigenvalue weighted by molar-refractivity contribution is -0.137. The normalized spacial score (nSPS) is 11.0. The first kappa shape index (κ1) is 14.8. The van der Waals surface area contributed by atoms with Crippen LogP contribution >= 0.6 is 0 Å². The monoisotopic (exact) mass is 297 g/mol. The standard InChI is InChI=1S/C13H10F3N3O2/c1-21-12-17-6-10(7-18-12)19-11(20)8-2-4-9(5-3-8)13(14,15)16/h2-7H,1H3,(H,19,20). The van der Waals surface area contributed by atoms with Crippen molar-refractivity contribution < 1.29 is 22.7 Å². The Labute approximate surface area is 117 Å². The van der Waals surface area contributed by atoms with Crippen LogP contribution in [0.3, 0.4) is 0 Å². The van der Waals surface area contributed by atoms with Crippen molar-refractivity contribution in [2.75, 3.05) is 12.4 Å². The third-order valence-electron chi connectivity index (χ3n) is 2.54. The summed E-state index contributed by atoms with van der Waals surface area (Å²) in [5.41, 5.74) is -0.411. The van der Waals surface area contributed by atoms with Gasteiger partial charge < -0.3 is 10.1 Å². The molecule has 0 atom stereocenters. The van der Waals surface area contributed by atoms with Gasteiger partial charge in [-0.3, -0.25) is 4.79 Å². The highest BCUT2D eigenvalue weighted by molar-refractivity contribution is 6.04. The van der Waals surface area contributed by atoms with Crippen LogP contribution in [0.25, 0.3) is 0 Å². The smallest absolute Gasteiger partial charge is 0.416 e. The Balaban J connectivity index is 2.09. The van der Waals surface area contributed by atoms with Crippen LogP contribution in [-0.2, 0) is 6.18 Å². The summed E-state index contributed by atoms with van der Waals surface area (Å²) in [6.45, 7) is 0. The van der Waals surface area contributed by atoms with Crippen molar-refractivity contribution in [2.45, 2.75) is 6.18 Å². The predicted octanol–water partition coefficient (Wildman–Crippen LogP) is 2.76. The Morgan fingerprint density at radius 1 is 1.14 bits per heavy atom. The number of rotatable bonds is 3. The second-order valence-electron chi connectivity index (χ2n) is 3.99. The first-order valence-electron chi connectivity index (χ1n) is 5.75. The molecule has 0 saturated carbocycles. The Morgan fingerprint density at radius 2 is 1.71 bits per heavy atom. The van der Waals surface area contributed by atoms with E-state index in [0.29, 0.717) is 5.69 Å². The molecule has 0 unspecified atom stereocenters. The van der Waals surface area contributed by atoms with E-state index in [1.165, 1.54) is 19.5 Å². The largest absolute Gasteiger partial charge is 0.467 e. The van der Waals surface area contributed by atoms with Crippen molar-refractivity contribution in [3.63, 3.8) is 0 Å². The van der Waals surface area contributed by atoms with Crippen molar-refractivity contribution in [3.8, 4) is 6.01 Å². The van der Waals surface area contributed by atoms with Gasteiger partial charge in [-0.05, 0) is 24.3 Å². The molecule has 0 aliphatic carbocycles. The number of ether oxygens (including phenoxy) is 1. The van der Waals surface area contributed by atoms with Crippen molar-refractivity contribution in [3.05, 3.63) is 47.8 Å². The Hall–Kier alpha value is -2.64. The number of carbonyl (C=O) groups excluding carboxylic acids is 1. The molecular formula is C13H10F3N3O2. The molecule has 2 rings (SSSR count). The molecule has 0 bridgehead atoms. The van der Waals surface area contributed by atoms with Crippen LogP contribution in [0.1, 0.15) is 15.9 Å². The molecule has 0 aliphatic rings. The maximum absolute atomic E-state index is 12.4. The number of nitrogens with zero attached hydrogens (tertiary/aromatic N) is 2. The number of anilines is 1. The van der Waals surface area contributed by atoms with Gasteiger partial charge in [-0.1, -0.05) is 0 Å². The van der Waals surface area contributed by atoms with Gasteiger partial charge in [0.1, 0.15) is 0 Å². The Bertz CT molecular complexity index is 625. The van der Waals surface area contributed by atoms with E-state index < -0.39 is 17.6 Å². The number of nitrogens with one attached hydrogen (secondary N) is 1. The molecule has 0 spiro atoms. The molecule has 0 fully saturated rings. The summed E-state index contributed by atoms with van der Waals surface area (Å²) >= 11 is 0. The van der Waals surface area contributed by atoms with E-state index in [0.717, 1.165) is 24.3 Å². The van der Waals surface area contributed by atoms with Crippen LogP contribution in [0.4, 0.5) is 18.9 Å². The number of halogens is 3. The maximum Gasteiger partial charge on any atom is 0.416 e. The highest BCUT2D eigenvalue weighted by Crippen LogP contribution is 2.29. The Morgan fingerprint density at radius 3 is 2.19 bits per heavy atom. The first-order valence-corrected chi connectivity index (χ1v) is 5.75. The average molecular weight is 297 g/mol. The molecule has 21 heavy (non-hydrogen) atoms. The number of alkyl halides is 3. The fraction of sp³-hybridized carbons (Fsp3) is 0.154. The third kappa shape index (κ3) is 3.68. The molecule has 5 nitrogen and oxygen atoms in total.